The monoisotopic (exact) mass is 459 g/mol. The van der Waals surface area contributed by atoms with Gasteiger partial charge in [-0.15, -0.1) is 0 Å². The Balaban J connectivity index is 1.65. The fraction of sp³-hybridized carbons (Fsp3) is 0.222. The lowest BCUT2D eigenvalue weighted by molar-refractivity contribution is -0.115. The van der Waals surface area contributed by atoms with E-state index in [0.29, 0.717) is 33.8 Å². The lowest BCUT2D eigenvalue weighted by Gasteiger charge is -2.11. The molecular weight excluding hydrogens is 433 g/mol. The minimum atomic E-state index is -0.447. The average Bonchev–Trinajstić information content (AvgIpc) is 3.12. The number of carbonyl (C=O) groups is 2. The number of carbonyl (C=O) groups excluding carboxylic acids is 2. The van der Waals surface area contributed by atoms with Crippen LogP contribution in [0.1, 0.15) is 41.0 Å². The van der Waals surface area contributed by atoms with Crippen LogP contribution in [0.25, 0.3) is 16.9 Å². The van der Waals surface area contributed by atoms with Crippen molar-refractivity contribution in [1.82, 2.24) is 9.38 Å². The van der Waals surface area contributed by atoms with Crippen LogP contribution in [-0.2, 0) is 16.0 Å². The van der Waals surface area contributed by atoms with Crippen LogP contribution in [0.3, 0.4) is 0 Å². The zero-order chi connectivity index (χ0) is 24.4. The van der Waals surface area contributed by atoms with Crippen molar-refractivity contribution in [1.29, 1.82) is 0 Å². The topological polar surface area (TPSA) is 72.7 Å². The van der Waals surface area contributed by atoms with Gasteiger partial charge in [-0.2, -0.15) is 0 Å². The van der Waals surface area contributed by atoms with Gasteiger partial charge in [0, 0.05) is 17.4 Å². The Hall–Kier alpha value is -4.00. The fourth-order valence-electron chi connectivity index (χ4n) is 3.75. The minimum Gasteiger partial charge on any atom is -0.459 e. The van der Waals surface area contributed by atoms with Crippen LogP contribution in [-0.4, -0.2) is 27.4 Å². The van der Waals surface area contributed by atoms with Crippen LogP contribution >= 0.6 is 0 Å². The lowest BCUT2D eigenvalue weighted by atomic mass is 10.1. The fourth-order valence-corrected chi connectivity index (χ4v) is 3.75. The van der Waals surface area contributed by atoms with E-state index in [2.05, 4.69) is 5.32 Å². The molecule has 174 valence electrons. The summed E-state index contributed by atoms with van der Waals surface area (Å²) in [4.78, 5) is 30.0. The Kier molecular flexibility index (Phi) is 6.45. The Morgan fingerprint density at radius 3 is 2.62 bits per heavy atom. The Labute approximate surface area is 197 Å². The van der Waals surface area contributed by atoms with Gasteiger partial charge in [-0.05, 0) is 81.3 Å². The number of benzene rings is 2. The first-order valence-electron chi connectivity index (χ1n) is 11.1. The molecule has 0 aliphatic rings. The summed E-state index contributed by atoms with van der Waals surface area (Å²) in [6.45, 7) is 7.22. The molecule has 0 saturated carbocycles. The first-order valence-corrected chi connectivity index (χ1v) is 11.1. The molecule has 0 radical (unpaired) electrons. The molecule has 1 N–H and O–H groups in total. The third kappa shape index (κ3) is 4.98. The molecule has 0 aliphatic carbocycles. The second-order valence-electron chi connectivity index (χ2n) is 8.57. The normalized spacial score (nSPS) is 11.1. The maximum absolute atomic E-state index is 13.9. The molecule has 4 rings (SSSR count). The summed E-state index contributed by atoms with van der Waals surface area (Å²) in [5.41, 5.74) is 5.13. The average molecular weight is 460 g/mol. The highest BCUT2D eigenvalue weighted by Crippen LogP contribution is 2.27. The number of aryl methyl sites for hydroxylation is 2. The number of nitrogens with zero attached hydrogens (tertiary/aromatic N) is 2. The molecule has 0 aliphatic heterocycles. The van der Waals surface area contributed by atoms with E-state index in [0.717, 1.165) is 11.1 Å². The number of anilines is 1. The summed E-state index contributed by atoms with van der Waals surface area (Å²) in [7, 11) is 0. The molecule has 0 atom stereocenters. The third-order valence-electron chi connectivity index (χ3n) is 5.35. The van der Waals surface area contributed by atoms with Crippen molar-refractivity contribution in [2.75, 3.05) is 5.32 Å². The first-order chi connectivity index (χ1) is 16.2. The molecule has 7 heteroatoms. The first kappa shape index (κ1) is 23.2. The molecule has 2 aromatic carbocycles. The number of ether oxygens (including phenoxy) is 1. The summed E-state index contributed by atoms with van der Waals surface area (Å²) < 4.78 is 21.0. The number of pyridine rings is 1. The number of hydrogen-bond donors (Lipinski definition) is 1. The predicted octanol–water partition coefficient (Wildman–Crippen LogP) is 5.50. The smallest absolute Gasteiger partial charge is 0.338 e. The van der Waals surface area contributed by atoms with Gasteiger partial charge < -0.3 is 14.5 Å². The SMILES string of the molecule is Cc1ccc2nc(-c3ccc(F)c(C)c3)c(CC(=O)Nc3cccc(C(=O)OC(C)C)c3)n2c1. The van der Waals surface area contributed by atoms with E-state index in [1.165, 1.54) is 6.07 Å². The van der Waals surface area contributed by atoms with E-state index in [1.807, 2.05) is 29.7 Å². The zero-order valence-electron chi connectivity index (χ0n) is 19.6. The minimum absolute atomic E-state index is 0.0387. The number of imidazole rings is 1. The quantitative estimate of drug-likeness (QED) is 0.386. The van der Waals surface area contributed by atoms with E-state index in [9.17, 15) is 14.0 Å². The van der Waals surface area contributed by atoms with E-state index < -0.39 is 5.97 Å². The van der Waals surface area contributed by atoms with Crippen molar-refractivity contribution in [3.8, 4) is 11.3 Å². The van der Waals surface area contributed by atoms with Crippen LogP contribution < -0.4 is 5.32 Å². The van der Waals surface area contributed by atoms with Gasteiger partial charge in [-0.3, -0.25) is 4.79 Å². The van der Waals surface area contributed by atoms with Crippen molar-refractivity contribution < 1.29 is 18.7 Å². The van der Waals surface area contributed by atoms with E-state index in [4.69, 9.17) is 9.72 Å². The highest BCUT2D eigenvalue weighted by molar-refractivity contribution is 5.96. The summed E-state index contributed by atoms with van der Waals surface area (Å²) in [5, 5.41) is 2.86. The van der Waals surface area contributed by atoms with Crippen LogP contribution in [0.4, 0.5) is 10.1 Å². The number of amides is 1. The summed E-state index contributed by atoms with van der Waals surface area (Å²) in [6.07, 6.45) is 1.72. The maximum atomic E-state index is 13.9. The number of halogens is 1. The second-order valence-corrected chi connectivity index (χ2v) is 8.57. The molecule has 0 spiro atoms. The van der Waals surface area contributed by atoms with Crippen LogP contribution in [0.2, 0.25) is 0 Å². The number of nitrogens with one attached hydrogen (secondary N) is 1. The molecule has 0 unspecified atom stereocenters. The lowest BCUT2D eigenvalue weighted by Crippen LogP contribution is -2.17. The molecule has 2 heterocycles. The van der Waals surface area contributed by atoms with Gasteiger partial charge in [0.25, 0.3) is 0 Å². The number of hydrogen-bond acceptors (Lipinski definition) is 4. The van der Waals surface area contributed by atoms with Crippen molar-refractivity contribution >= 4 is 23.2 Å². The second kappa shape index (κ2) is 9.47. The van der Waals surface area contributed by atoms with Gasteiger partial charge >= 0.3 is 5.97 Å². The van der Waals surface area contributed by atoms with E-state index in [-0.39, 0.29) is 24.2 Å². The highest BCUT2D eigenvalue weighted by Gasteiger charge is 2.19. The van der Waals surface area contributed by atoms with Gasteiger partial charge in [-0.1, -0.05) is 12.1 Å². The van der Waals surface area contributed by atoms with Gasteiger partial charge in [0.2, 0.25) is 5.91 Å². The van der Waals surface area contributed by atoms with Crippen molar-refractivity contribution in [2.45, 2.75) is 40.2 Å². The largest absolute Gasteiger partial charge is 0.459 e. The molecule has 0 saturated heterocycles. The van der Waals surface area contributed by atoms with E-state index >= 15 is 0 Å². The molecule has 0 bridgehead atoms. The third-order valence-corrected chi connectivity index (χ3v) is 5.35. The van der Waals surface area contributed by atoms with E-state index in [1.54, 1.807) is 57.2 Å². The van der Waals surface area contributed by atoms with Gasteiger partial charge in [-0.25, -0.2) is 14.2 Å². The molecule has 0 fully saturated rings. The number of rotatable bonds is 6. The van der Waals surface area contributed by atoms with Gasteiger partial charge in [0.1, 0.15) is 11.5 Å². The maximum Gasteiger partial charge on any atom is 0.338 e. The van der Waals surface area contributed by atoms with Crippen molar-refractivity contribution in [3.05, 3.63) is 89.0 Å². The summed E-state index contributed by atoms with van der Waals surface area (Å²) >= 11 is 0. The number of fused-ring (bicyclic) bond motifs is 1. The molecule has 2 aromatic heterocycles. The molecule has 6 nitrogen and oxygen atoms in total. The highest BCUT2D eigenvalue weighted by atomic mass is 19.1. The summed E-state index contributed by atoms with van der Waals surface area (Å²) in [5.74, 6) is -1.01. The van der Waals surface area contributed by atoms with Crippen molar-refractivity contribution in [3.63, 3.8) is 0 Å². The molecule has 4 aromatic rings. The molecule has 1 amide bonds. The van der Waals surface area contributed by atoms with Gasteiger partial charge in [0.05, 0.1) is 29.5 Å². The predicted molar refractivity (Wildman–Crippen MR) is 129 cm³/mol. The number of esters is 1. The van der Waals surface area contributed by atoms with Crippen LogP contribution in [0.5, 0.6) is 0 Å². The summed E-state index contributed by atoms with van der Waals surface area (Å²) in [6, 6.07) is 15.3. The molecule has 34 heavy (non-hydrogen) atoms. The number of aromatic nitrogens is 2. The Morgan fingerprint density at radius 2 is 1.88 bits per heavy atom. The van der Waals surface area contributed by atoms with Crippen LogP contribution in [0, 0.1) is 19.7 Å². The van der Waals surface area contributed by atoms with Crippen molar-refractivity contribution in [2.24, 2.45) is 0 Å². The Bertz CT molecular complexity index is 1390. The molecular formula is C27H26FN3O3. The Morgan fingerprint density at radius 1 is 1.09 bits per heavy atom. The zero-order valence-corrected chi connectivity index (χ0v) is 19.6. The standard InChI is InChI=1S/C27H26FN3O3/c1-16(2)34-27(33)20-6-5-7-21(13-20)29-25(32)14-23-26(19-9-10-22(28)18(4)12-19)30-24-11-8-17(3)15-31(23)24/h5-13,15-16H,14H2,1-4H3,(H,29,32). The van der Waals surface area contributed by atoms with Gasteiger partial charge in [0.15, 0.2) is 0 Å². The van der Waals surface area contributed by atoms with Crippen LogP contribution in [0.15, 0.2) is 60.8 Å².